The van der Waals surface area contributed by atoms with Crippen LogP contribution in [0.25, 0.3) is 24.3 Å². The van der Waals surface area contributed by atoms with E-state index in [4.69, 9.17) is 0 Å². The van der Waals surface area contributed by atoms with Crippen LogP contribution in [0.3, 0.4) is 0 Å². The van der Waals surface area contributed by atoms with Crippen molar-refractivity contribution in [2.45, 2.75) is 27.7 Å². The van der Waals surface area contributed by atoms with Crippen molar-refractivity contribution in [2.24, 2.45) is 20.0 Å². The topological polar surface area (TPSA) is 49.4 Å². The van der Waals surface area contributed by atoms with Gasteiger partial charge in [-0.1, -0.05) is 14.4 Å². The fourth-order valence-corrected chi connectivity index (χ4v) is 12.5. The van der Waals surface area contributed by atoms with Crippen LogP contribution in [0.5, 0.6) is 0 Å². The van der Waals surface area contributed by atoms with Crippen molar-refractivity contribution < 1.29 is 0 Å². The van der Waals surface area contributed by atoms with Gasteiger partial charge in [-0.3, -0.25) is 20.0 Å². The monoisotopic (exact) mass is 434 g/mol. The molecule has 0 saturated heterocycles. The van der Waals surface area contributed by atoms with Gasteiger partial charge in [0.25, 0.3) is 0 Å². The smallest absolute Gasteiger partial charge is 0.0266 e. The molecule has 0 aliphatic heterocycles. The quantitative estimate of drug-likeness (QED) is 0.360. The van der Waals surface area contributed by atoms with Crippen LogP contribution < -0.4 is 0 Å². The van der Waals surface area contributed by atoms with Crippen LogP contribution in [0.2, 0.25) is 0 Å². The number of nitrogens with zero attached hydrogens (tertiary/aromatic N) is 4. The highest BCUT2D eigenvalue weighted by molar-refractivity contribution is 8.23. The molecular weight excluding hydrogens is 406 g/mol. The van der Waals surface area contributed by atoms with Crippen LogP contribution in [0.15, 0.2) is 44.8 Å². The SMILES string of the molecule is C=N/C=C\c1c(/C=C\N=C)c(C)p(-p2c(C)c(/C=C\N=C)c(/C=C\N=C)c2C)c1C. The van der Waals surface area contributed by atoms with Crippen molar-refractivity contribution in [3.8, 4) is 0 Å². The summed E-state index contributed by atoms with van der Waals surface area (Å²) >= 11 is 0. The van der Waals surface area contributed by atoms with Gasteiger partial charge in [-0.2, -0.15) is 0 Å². The molecule has 0 bridgehead atoms. The summed E-state index contributed by atoms with van der Waals surface area (Å²) in [5, 5.41) is 5.59. The summed E-state index contributed by atoms with van der Waals surface area (Å²) in [6.07, 6.45) is 15.2. The Balaban J connectivity index is 2.93. The standard InChI is InChI=1S/C24H28N4P2/c1-17-21(9-13-25-5)22(10-14-26-6)18(2)29(17)30-19(3)23(11-15-27-7)24(20(30)4)12-16-28-8/h9-16H,5-8H2,1-4H3/b13-9-,14-10-,15-11-,16-12-. The lowest BCUT2D eigenvalue weighted by Gasteiger charge is -2.09. The molecule has 2 heterocycles. The molecule has 0 saturated carbocycles. The second-order valence-corrected chi connectivity index (χ2v) is 12.9. The molecule has 4 nitrogen and oxygen atoms in total. The van der Waals surface area contributed by atoms with Crippen molar-refractivity contribution in [2.75, 3.05) is 0 Å². The van der Waals surface area contributed by atoms with E-state index in [1.165, 1.54) is 43.4 Å². The Hall–Kier alpha value is -2.80. The molecule has 154 valence electrons. The average Bonchev–Trinajstić information content (AvgIpc) is 3.10. The number of hydrogen-bond donors (Lipinski definition) is 0. The largest absolute Gasteiger partial charge is 0.272 e. The van der Waals surface area contributed by atoms with E-state index in [1.54, 1.807) is 24.8 Å². The van der Waals surface area contributed by atoms with Gasteiger partial charge in [0.1, 0.15) is 0 Å². The van der Waals surface area contributed by atoms with E-state index in [2.05, 4.69) is 74.5 Å². The summed E-state index contributed by atoms with van der Waals surface area (Å²) in [6.45, 7) is 23.3. The number of hydrogen-bond acceptors (Lipinski definition) is 4. The van der Waals surface area contributed by atoms with E-state index in [0.29, 0.717) is 0 Å². The highest BCUT2D eigenvalue weighted by atomic mass is 32.0. The van der Waals surface area contributed by atoms with Gasteiger partial charge in [0, 0.05) is 24.8 Å². The molecule has 0 radical (unpaired) electrons. The maximum Gasteiger partial charge on any atom is 0.0266 e. The maximum absolute atomic E-state index is 3.91. The van der Waals surface area contributed by atoms with Crippen LogP contribution in [0.1, 0.15) is 43.4 Å². The molecular formula is C24H28N4P2. The average molecular weight is 434 g/mol. The second-order valence-electron chi connectivity index (χ2n) is 6.61. The third-order valence-corrected chi connectivity index (χ3v) is 13.7. The first-order chi connectivity index (χ1) is 14.4. The normalized spacial score (nSPS) is 12.0. The Kier molecular flexibility index (Phi) is 8.47. The number of rotatable bonds is 9. The lowest BCUT2D eigenvalue weighted by atomic mass is 10.1. The Morgan fingerprint density at radius 3 is 0.833 bits per heavy atom. The van der Waals surface area contributed by atoms with Crippen molar-refractivity contribution in [1.29, 1.82) is 0 Å². The molecule has 0 aromatic carbocycles. The lowest BCUT2D eigenvalue weighted by molar-refractivity contribution is 1.51. The molecule has 0 fully saturated rings. The summed E-state index contributed by atoms with van der Waals surface area (Å²) in [6, 6.07) is 0. The zero-order chi connectivity index (χ0) is 22.3. The van der Waals surface area contributed by atoms with Gasteiger partial charge >= 0.3 is 0 Å². The fraction of sp³-hybridized carbons (Fsp3) is 0.167. The summed E-state index contributed by atoms with van der Waals surface area (Å²) in [4.78, 5) is 15.7. The molecule has 0 N–H and O–H groups in total. The van der Waals surface area contributed by atoms with E-state index in [9.17, 15) is 0 Å². The summed E-state index contributed by atoms with van der Waals surface area (Å²) < 4.78 is 0. The van der Waals surface area contributed by atoms with Crippen molar-refractivity contribution in [3.05, 3.63) is 68.2 Å². The highest BCUT2D eigenvalue weighted by Crippen LogP contribution is 2.69. The Morgan fingerprint density at radius 1 is 0.467 bits per heavy atom. The molecule has 0 aliphatic rings. The van der Waals surface area contributed by atoms with Gasteiger partial charge in [0.05, 0.1) is 0 Å². The lowest BCUT2D eigenvalue weighted by Crippen LogP contribution is -1.77. The minimum atomic E-state index is -0.521. The van der Waals surface area contributed by atoms with Gasteiger partial charge in [-0.15, -0.1) is 0 Å². The van der Waals surface area contributed by atoms with E-state index in [1.807, 2.05) is 24.3 Å². The van der Waals surface area contributed by atoms with Gasteiger partial charge in [-0.05, 0) is 122 Å². The molecule has 0 amide bonds. The molecule has 2 rings (SSSR count). The minimum Gasteiger partial charge on any atom is -0.272 e. The van der Waals surface area contributed by atoms with Gasteiger partial charge < -0.3 is 0 Å². The van der Waals surface area contributed by atoms with E-state index in [-0.39, 0.29) is 0 Å². The maximum atomic E-state index is 3.91. The first kappa shape index (κ1) is 23.5. The van der Waals surface area contributed by atoms with Crippen LogP contribution >= 0.6 is 14.4 Å². The minimum absolute atomic E-state index is 0.521. The molecule has 30 heavy (non-hydrogen) atoms. The van der Waals surface area contributed by atoms with E-state index < -0.39 is 14.4 Å². The summed E-state index contributed by atoms with van der Waals surface area (Å²) in [5.74, 6) is 0. The van der Waals surface area contributed by atoms with Gasteiger partial charge in [0.2, 0.25) is 0 Å². The van der Waals surface area contributed by atoms with E-state index in [0.717, 1.165) is 0 Å². The molecule has 2 aromatic heterocycles. The second kappa shape index (κ2) is 10.8. The Morgan fingerprint density at radius 2 is 0.667 bits per heavy atom. The van der Waals surface area contributed by atoms with E-state index >= 15 is 0 Å². The Bertz CT molecular complexity index is 934. The highest BCUT2D eigenvalue weighted by Gasteiger charge is 2.23. The third kappa shape index (κ3) is 4.51. The summed E-state index contributed by atoms with van der Waals surface area (Å²) in [5.41, 5.74) is 4.82. The first-order valence-electron chi connectivity index (χ1n) is 9.38. The van der Waals surface area contributed by atoms with Crippen LogP contribution in [0, 0.1) is 27.7 Å². The molecule has 0 aliphatic carbocycles. The van der Waals surface area contributed by atoms with Crippen LogP contribution in [-0.4, -0.2) is 26.9 Å². The Labute approximate surface area is 181 Å². The zero-order valence-corrected chi connectivity index (χ0v) is 19.9. The van der Waals surface area contributed by atoms with Crippen molar-refractivity contribution in [3.63, 3.8) is 0 Å². The molecule has 0 atom stereocenters. The third-order valence-electron chi connectivity index (χ3n) is 5.00. The van der Waals surface area contributed by atoms with Crippen molar-refractivity contribution >= 4 is 65.6 Å². The van der Waals surface area contributed by atoms with Crippen LogP contribution in [-0.2, 0) is 0 Å². The number of aliphatic imine (C=N–C) groups is 4. The van der Waals surface area contributed by atoms with Crippen LogP contribution in [0.4, 0.5) is 0 Å². The predicted octanol–water partition coefficient (Wildman–Crippen LogP) is 7.89. The van der Waals surface area contributed by atoms with Crippen molar-refractivity contribution in [1.82, 2.24) is 0 Å². The summed E-state index contributed by atoms with van der Waals surface area (Å²) in [7, 11) is -1.04. The molecule has 6 heteroatoms. The van der Waals surface area contributed by atoms with Gasteiger partial charge in [-0.25, -0.2) is 0 Å². The van der Waals surface area contributed by atoms with Gasteiger partial charge in [0.15, 0.2) is 0 Å². The predicted molar refractivity (Wildman–Crippen MR) is 142 cm³/mol. The first-order valence-corrected chi connectivity index (χ1v) is 12.8. The molecule has 2 aromatic rings. The molecule has 0 unspecified atom stereocenters. The molecule has 0 spiro atoms. The fourth-order valence-electron chi connectivity index (χ4n) is 3.69. The zero-order valence-electron chi connectivity index (χ0n) is 18.1.